The van der Waals surface area contributed by atoms with Gasteiger partial charge in [0.1, 0.15) is 9.09 Å². The van der Waals surface area contributed by atoms with E-state index in [2.05, 4.69) is 5.32 Å². The molecule has 6 nitrogen and oxygen atoms in total. The molecule has 0 atom stereocenters. The van der Waals surface area contributed by atoms with E-state index in [0.29, 0.717) is 36.2 Å². The van der Waals surface area contributed by atoms with Gasteiger partial charge in [0, 0.05) is 28.1 Å². The van der Waals surface area contributed by atoms with Gasteiger partial charge >= 0.3 is 0 Å². The first-order chi connectivity index (χ1) is 13.5. The number of benzene rings is 1. The molecule has 0 bridgehead atoms. The van der Waals surface area contributed by atoms with Crippen LogP contribution in [0.1, 0.15) is 14.5 Å². The summed E-state index contributed by atoms with van der Waals surface area (Å²) in [6.07, 6.45) is 0. The number of rotatable bonds is 5. The highest BCUT2D eigenvalue weighted by Crippen LogP contribution is 2.35. The first-order valence-electron chi connectivity index (χ1n) is 8.58. The van der Waals surface area contributed by atoms with E-state index in [-0.39, 0.29) is 16.7 Å². The zero-order valence-corrected chi connectivity index (χ0v) is 17.9. The number of sulfonamides is 1. The predicted octanol–water partition coefficient (Wildman–Crippen LogP) is 3.57. The van der Waals surface area contributed by atoms with Crippen molar-refractivity contribution in [2.24, 2.45) is 0 Å². The number of ether oxygens (including phenoxy) is 1. The van der Waals surface area contributed by atoms with Crippen molar-refractivity contribution >= 4 is 60.3 Å². The summed E-state index contributed by atoms with van der Waals surface area (Å²) in [6, 6.07) is 10.9. The fourth-order valence-electron chi connectivity index (χ4n) is 2.91. The molecule has 1 fully saturated rings. The highest BCUT2D eigenvalue weighted by molar-refractivity contribution is 7.91. The van der Waals surface area contributed by atoms with Crippen LogP contribution in [0.25, 0.3) is 10.1 Å². The van der Waals surface area contributed by atoms with Crippen molar-refractivity contribution in [3.8, 4) is 0 Å². The van der Waals surface area contributed by atoms with E-state index in [1.807, 2.05) is 24.3 Å². The maximum Gasteiger partial charge on any atom is 0.263 e. The normalized spacial score (nSPS) is 15.8. The summed E-state index contributed by atoms with van der Waals surface area (Å²) >= 11 is 8.85. The lowest BCUT2D eigenvalue weighted by Crippen LogP contribution is -2.40. The van der Waals surface area contributed by atoms with Crippen LogP contribution in [0.3, 0.4) is 0 Å². The summed E-state index contributed by atoms with van der Waals surface area (Å²) in [5.41, 5.74) is 0. The lowest BCUT2D eigenvalue weighted by atomic mass is 10.2. The van der Waals surface area contributed by atoms with Crippen molar-refractivity contribution in [1.82, 2.24) is 9.62 Å². The number of carbonyl (C=O) groups excluding carboxylic acids is 1. The molecule has 0 radical (unpaired) electrons. The zero-order chi connectivity index (χ0) is 19.7. The Morgan fingerprint density at radius 1 is 1.14 bits per heavy atom. The molecule has 4 rings (SSSR count). The smallest absolute Gasteiger partial charge is 0.263 e. The molecule has 3 aromatic rings. The summed E-state index contributed by atoms with van der Waals surface area (Å²) in [5.74, 6) is -0.266. The molecule has 2 aromatic heterocycles. The van der Waals surface area contributed by atoms with Gasteiger partial charge in [0.2, 0.25) is 0 Å². The van der Waals surface area contributed by atoms with Gasteiger partial charge in [-0.1, -0.05) is 29.8 Å². The zero-order valence-electron chi connectivity index (χ0n) is 14.7. The van der Waals surface area contributed by atoms with Crippen molar-refractivity contribution in [1.29, 1.82) is 0 Å². The molecule has 1 aliphatic rings. The van der Waals surface area contributed by atoms with E-state index in [4.69, 9.17) is 16.3 Å². The van der Waals surface area contributed by atoms with Gasteiger partial charge in [0.05, 0.1) is 24.8 Å². The van der Waals surface area contributed by atoms with Crippen LogP contribution >= 0.6 is 34.3 Å². The minimum absolute atomic E-state index is 0.243. The number of carbonyl (C=O) groups is 1. The number of nitrogens with one attached hydrogen (secondary N) is 1. The lowest BCUT2D eigenvalue weighted by Gasteiger charge is -2.25. The number of hydrogen-bond acceptors (Lipinski definition) is 6. The van der Waals surface area contributed by atoms with Crippen LogP contribution in [0.2, 0.25) is 5.02 Å². The van der Waals surface area contributed by atoms with Crippen molar-refractivity contribution in [3.63, 3.8) is 0 Å². The van der Waals surface area contributed by atoms with Crippen LogP contribution in [0, 0.1) is 0 Å². The third kappa shape index (κ3) is 3.83. The Labute approximate surface area is 175 Å². The van der Waals surface area contributed by atoms with E-state index >= 15 is 0 Å². The van der Waals surface area contributed by atoms with Crippen LogP contribution in [-0.2, 0) is 21.3 Å². The molecular weight excluding hydrogens is 440 g/mol. The Hall–Kier alpha value is -1.49. The molecule has 0 spiro atoms. The Bertz CT molecular complexity index is 1120. The first-order valence-corrected chi connectivity index (χ1v) is 12.0. The van der Waals surface area contributed by atoms with Crippen molar-refractivity contribution in [3.05, 3.63) is 51.2 Å². The van der Waals surface area contributed by atoms with Gasteiger partial charge in [-0.15, -0.1) is 22.7 Å². The summed E-state index contributed by atoms with van der Waals surface area (Å²) in [7, 11) is -3.52. The molecular formula is C18H17ClN2O4S3. The van der Waals surface area contributed by atoms with E-state index in [1.54, 1.807) is 12.1 Å². The maximum atomic E-state index is 12.7. The van der Waals surface area contributed by atoms with Gasteiger partial charge in [-0.05, 0) is 18.2 Å². The Kier molecular flexibility index (Phi) is 5.73. The molecule has 0 saturated carbocycles. The second-order valence-electron chi connectivity index (χ2n) is 6.16. The highest BCUT2D eigenvalue weighted by atomic mass is 35.5. The van der Waals surface area contributed by atoms with E-state index in [1.165, 1.54) is 27.0 Å². The topological polar surface area (TPSA) is 75.7 Å². The lowest BCUT2D eigenvalue weighted by molar-refractivity contribution is 0.0731. The standard InChI is InChI=1S/C18H17ClN2O4S3/c19-16-13-3-1-2-4-14(13)27-17(16)18(22)20-11-12-5-6-15(26-12)28(23,24)21-7-9-25-10-8-21/h1-6H,7-11H2,(H,20,22). The van der Waals surface area contributed by atoms with E-state index < -0.39 is 10.0 Å². The van der Waals surface area contributed by atoms with Crippen molar-refractivity contribution in [2.75, 3.05) is 26.3 Å². The SMILES string of the molecule is O=C(NCc1ccc(S(=O)(=O)N2CCOCC2)s1)c1sc2ccccc2c1Cl. The third-order valence-corrected chi connectivity index (χ3v) is 9.49. The van der Waals surface area contributed by atoms with Crippen LogP contribution in [0.5, 0.6) is 0 Å². The number of amides is 1. The average molecular weight is 457 g/mol. The second-order valence-corrected chi connectivity index (χ2v) is 10.9. The van der Waals surface area contributed by atoms with Crippen molar-refractivity contribution < 1.29 is 17.9 Å². The summed E-state index contributed by atoms with van der Waals surface area (Å²) in [6.45, 7) is 1.77. The fraction of sp³-hybridized carbons (Fsp3) is 0.278. The Balaban J connectivity index is 1.45. The van der Waals surface area contributed by atoms with Gasteiger partial charge in [-0.2, -0.15) is 4.31 Å². The van der Waals surface area contributed by atoms with E-state index in [9.17, 15) is 13.2 Å². The minimum Gasteiger partial charge on any atom is -0.379 e. The fourth-order valence-corrected chi connectivity index (χ4v) is 7.20. The summed E-state index contributed by atoms with van der Waals surface area (Å²) < 4.78 is 33.2. The number of thiophene rings is 2. The molecule has 1 N–H and O–H groups in total. The summed E-state index contributed by atoms with van der Waals surface area (Å²) in [4.78, 5) is 13.8. The minimum atomic E-state index is -3.52. The number of morpholine rings is 1. The third-order valence-electron chi connectivity index (χ3n) is 4.37. The first kappa shape index (κ1) is 19.8. The van der Waals surface area contributed by atoms with E-state index in [0.717, 1.165) is 15.0 Å². The number of hydrogen-bond donors (Lipinski definition) is 1. The van der Waals surface area contributed by atoms with Gasteiger partial charge in [0.25, 0.3) is 15.9 Å². The quantitative estimate of drug-likeness (QED) is 0.636. The number of fused-ring (bicyclic) bond motifs is 1. The maximum absolute atomic E-state index is 12.7. The van der Waals surface area contributed by atoms with Crippen LogP contribution in [-0.4, -0.2) is 44.9 Å². The molecule has 10 heteroatoms. The molecule has 28 heavy (non-hydrogen) atoms. The highest BCUT2D eigenvalue weighted by Gasteiger charge is 2.27. The monoisotopic (exact) mass is 456 g/mol. The molecule has 0 unspecified atom stereocenters. The van der Waals surface area contributed by atoms with Gasteiger partial charge in [-0.3, -0.25) is 4.79 Å². The van der Waals surface area contributed by atoms with Gasteiger partial charge in [-0.25, -0.2) is 8.42 Å². The van der Waals surface area contributed by atoms with Crippen LogP contribution in [0.4, 0.5) is 0 Å². The van der Waals surface area contributed by atoms with Gasteiger partial charge < -0.3 is 10.1 Å². The Morgan fingerprint density at radius 3 is 2.64 bits per heavy atom. The molecule has 1 amide bonds. The Morgan fingerprint density at radius 2 is 1.89 bits per heavy atom. The molecule has 3 heterocycles. The number of nitrogens with zero attached hydrogens (tertiary/aromatic N) is 1. The molecule has 1 aliphatic heterocycles. The largest absolute Gasteiger partial charge is 0.379 e. The number of halogens is 1. The van der Waals surface area contributed by atoms with Gasteiger partial charge in [0.15, 0.2) is 0 Å². The summed E-state index contributed by atoms with van der Waals surface area (Å²) in [5, 5.41) is 4.13. The molecule has 1 aromatic carbocycles. The average Bonchev–Trinajstić information content (AvgIpc) is 3.33. The van der Waals surface area contributed by atoms with Crippen molar-refractivity contribution in [2.45, 2.75) is 10.8 Å². The van der Waals surface area contributed by atoms with Crippen LogP contribution in [0.15, 0.2) is 40.6 Å². The van der Waals surface area contributed by atoms with Crippen LogP contribution < -0.4 is 5.32 Å². The molecule has 148 valence electrons. The predicted molar refractivity (Wildman–Crippen MR) is 112 cm³/mol. The second kappa shape index (κ2) is 8.10. The molecule has 1 saturated heterocycles. The molecule has 0 aliphatic carbocycles.